The number of unbranched alkanes of at least 4 members (excludes halogenated alkanes) is 1. The van der Waals surface area contributed by atoms with E-state index >= 15 is 0 Å². The molecule has 41 heavy (non-hydrogen) atoms. The number of aromatic nitrogens is 2. The van der Waals surface area contributed by atoms with E-state index in [1.807, 2.05) is 44.2 Å². The largest absolute Gasteiger partial charge is 0.508 e. The fourth-order valence-electron chi connectivity index (χ4n) is 4.74. The second-order valence-electron chi connectivity index (χ2n) is 10.4. The van der Waals surface area contributed by atoms with Gasteiger partial charge in [-0.2, -0.15) is 4.98 Å². The number of rotatable bonds is 16. The number of phenols is 1. The Morgan fingerprint density at radius 1 is 0.951 bits per heavy atom. The van der Waals surface area contributed by atoms with Gasteiger partial charge in [0.15, 0.2) is 5.82 Å². The molecule has 9 N–H and O–H groups in total. The van der Waals surface area contributed by atoms with Gasteiger partial charge in [-0.1, -0.05) is 35.5 Å². The lowest BCUT2D eigenvalue weighted by molar-refractivity contribution is -0.130. The zero-order chi connectivity index (χ0) is 29.8. The van der Waals surface area contributed by atoms with Crippen molar-refractivity contribution in [3.63, 3.8) is 0 Å². The number of hydrogen-bond acceptors (Lipinski definition) is 9. The topological polar surface area (TPSA) is 195 Å². The number of amides is 2. The van der Waals surface area contributed by atoms with E-state index in [4.69, 9.17) is 21.7 Å². The third kappa shape index (κ3) is 9.66. The molecule has 11 nitrogen and oxygen atoms in total. The third-order valence-corrected chi connectivity index (χ3v) is 7.03. The van der Waals surface area contributed by atoms with Gasteiger partial charge in [-0.3, -0.25) is 9.59 Å². The van der Waals surface area contributed by atoms with Crippen LogP contribution in [0.4, 0.5) is 0 Å². The molecule has 0 saturated heterocycles. The molecule has 0 spiro atoms. The average molecular weight is 566 g/mol. The molecule has 1 heterocycles. The molecule has 222 valence electrons. The minimum Gasteiger partial charge on any atom is -0.508 e. The maximum absolute atomic E-state index is 13.8. The molecule has 3 rings (SSSR count). The fourth-order valence-corrected chi connectivity index (χ4v) is 4.74. The first-order chi connectivity index (χ1) is 19.7. The van der Waals surface area contributed by atoms with Crippen LogP contribution in [-0.4, -0.2) is 52.2 Å². The Hall–Kier alpha value is -3.80. The molecule has 0 fully saturated rings. The van der Waals surface area contributed by atoms with Gasteiger partial charge < -0.3 is 37.5 Å². The van der Waals surface area contributed by atoms with E-state index in [2.05, 4.69) is 20.8 Å². The van der Waals surface area contributed by atoms with Crippen molar-refractivity contribution in [2.24, 2.45) is 17.2 Å². The summed E-state index contributed by atoms with van der Waals surface area (Å²) in [5, 5.41) is 20.0. The van der Waals surface area contributed by atoms with Gasteiger partial charge in [0, 0.05) is 12.8 Å². The number of nitrogens with one attached hydrogen (secondary N) is 2. The summed E-state index contributed by atoms with van der Waals surface area (Å²) in [6.45, 7) is 4.64. The lowest BCUT2D eigenvalue weighted by atomic mass is 9.95. The van der Waals surface area contributed by atoms with Gasteiger partial charge in [0.05, 0.1) is 6.04 Å². The van der Waals surface area contributed by atoms with Crippen LogP contribution in [0.25, 0.3) is 0 Å². The predicted molar refractivity (Wildman–Crippen MR) is 157 cm³/mol. The van der Waals surface area contributed by atoms with Gasteiger partial charge in [-0.15, -0.1) is 0 Å². The number of nitrogens with zero attached hydrogens (tertiary/aromatic N) is 2. The smallest absolute Gasteiger partial charge is 0.249 e. The molecule has 0 aliphatic carbocycles. The zero-order valence-electron chi connectivity index (χ0n) is 23.9. The van der Waals surface area contributed by atoms with Gasteiger partial charge in [-0.25, -0.2) is 0 Å². The molecule has 3 unspecified atom stereocenters. The van der Waals surface area contributed by atoms with Crippen LogP contribution in [-0.2, 0) is 22.4 Å². The summed E-state index contributed by atoms with van der Waals surface area (Å²) < 4.78 is 5.59. The second-order valence-corrected chi connectivity index (χ2v) is 10.4. The highest BCUT2D eigenvalue weighted by Gasteiger charge is 2.29. The molecule has 3 atom stereocenters. The number of carbonyl (C=O) groups is 2. The molecule has 2 aromatic carbocycles. The summed E-state index contributed by atoms with van der Waals surface area (Å²) in [5.74, 6) is 0.103. The van der Waals surface area contributed by atoms with Crippen LogP contribution in [0.15, 0.2) is 47.0 Å². The van der Waals surface area contributed by atoms with Crippen LogP contribution in [0.2, 0.25) is 0 Å². The van der Waals surface area contributed by atoms with Crippen molar-refractivity contribution in [2.45, 2.75) is 76.9 Å². The Morgan fingerprint density at radius 3 is 2.29 bits per heavy atom. The minimum atomic E-state index is -0.933. The van der Waals surface area contributed by atoms with E-state index < -0.39 is 29.9 Å². The van der Waals surface area contributed by atoms with Crippen molar-refractivity contribution < 1.29 is 19.2 Å². The van der Waals surface area contributed by atoms with Crippen LogP contribution < -0.4 is 27.8 Å². The summed E-state index contributed by atoms with van der Waals surface area (Å²) >= 11 is 0. The normalized spacial score (nSPS) is 13.4. The van der Waals surface area contributed by atoms with Crippen LogP contribution in [0, 0.1) is 13.8 Å². The molecule has 3 aromatic rings. The summed E-state index contributed by atoms with van der Waals surface area (Å²) in [4.78, 5) is 31.3. The molecule has 0 aliphatic rings. The maximum atomic E-state index is 13.8. The number of phenolic OH excluding ortho intramolecular Hbond substituents is 1. The number of hydrogen-bond donors (Lipinski definition) is 6. The first-order valence-electron chi connectivity index (χ1n) is 14.1. The van der Waals surface area contributed by atoms with Crippen LogP contribution in [0.5, 0.6) is 5.75 Å². The molecule has 0 saturated carbocycles. The number of benzene rings is 2. The van der Waals surface area contributed by atoms with Crippen molar-refractivity contribution in [2.75, 3.05) is 13.1 Å². The molecule has 0 aliphatic heterocycles. The summed E-state index contributed by atoms with van der Waals surface area (Å²) in [7, 11) is 0. The maximum Gasteiger partial charge on any atom is 0.249 e. The molecular formula is C30H43N7O4. The van der Waals surface area contributed by atoms with E-state index in [1.165, 1.54) is 0 Å². The van der Waals surface area contributed by atoms with Crippen LogP contribution in [0.3, 0.4) is 0 Å². The molecule has 0 radical (unpaired) electrons. The Kier molecular flexibility index (Phi) is 12.3. The van der Waals surface area contributed by atoms with Gasteiger partial charge in [0.1, 0.15) is 17.8 Å². The summed E-state index contributed by atoms with van der Waals surface area (Å²) in [6, 6.07) is 10.8. The lowest BCUT2D eigenvalue weighted by Gasteiger charge is -2.24. The SMILES string of the molecule is Cc1cc(O)cc(C)c1CC(NC(=O)C(N)CCCN)C(=O)NC(CCCCN)c1nc(Cc2ccccc2)no1. The van der Waals surface area contributed by atoms with Gasteiger partial charge in [0.2, 0.25) is 17.7 Å². The van der Waals surface area contributed by atoms with Crippen LogP contribution in [0.1, 0.15) is 72.1 Å². The Balaban J connectivity index is 1.84. The average Bonchev–Trinajstić information content (AvgIpc) is 3.41. The number of nitrogens with two attached hydrogens (primary N) is 3. The number of aryl methyl sites for hydroxylation is 2. The first-order valence-corrected chi connectivity index (χ1v) is 14.1. The lowest BCUT2D eigenvalue weighted by Crippen LogP contribution is -2.53. The third-order valence-electron chi connectivity index (χ3n) is 7.03. The van der Waals surface area contributed by atoms with E-state index in [0.717, 1.165) is 35.1 Å². The van der Waals surface area contributed by atoms with Crippen molar-refractivity contribution in [3.05, 3.63) is 76.4 Å². The van der Waals surface area contributed by atoms with Crippen LogP contribution >= 0.6 is 0 Å². The minimum absolute atomic E-state index is 0.139. The van der Waals surface area contributed by atoms with E-state index in [0.29, 0.717) is 50.5 Å². The second kappa shape index (κ2) is 15.8. The molecule has 0 bridgehead atoms. The highest BCUT2D eigenvalue weighted by molar-refractivity contribution is 5.90. The Labute approximate surface area is 241 Å². The highest BCUT2D eigenvalue weighted by Crippen LogP contribution is 2.23. The highest BCUT2D eigenvalue weighted by atomic mass is 16.5. The van der Waals surface area contributed by atoms with Gasteiger partial charge in [-0.05, 0) is 93.4 Å². The predicted octanol–water partition coefficient (Wildman–Crippen LogP) is 2.06. The van der Waals surface area contributed by atoms with E-state index in [1.54, 1.807) is 12.1 Å². The number of carbonyl (C=O) groups excluding carboxylic acids is 2. The van der Waals surface area contributed by atoms with E-state index in [9.17, 15) is 14.7 Å². The summed E-state index contributed by atoms with van der Waals surface area (Å²) in [5.41, 5.74) is 20.9. The molecular weight excluding hydrogens is 522 g/mol. The van der Waals surface area contributed by atoms with Crippen molar-refractivity contribution >= 4 is 11.8 Å². The first kappa shape index (κ1) is 31.7. The Morgan fingerprint density at radius 2 is 1.63 bits per heavy atom. The standard InChI is InChI=1S/C30H43N7O4/c1-19-15-22(38)16-20(2)23(19)18-26(35-28(39)24(33)11-8-14-32)29(40)34-25(12-6-7-13-31)30-36-27(37-41-30)17-21-9-4-3-5-10-21/h3-5,9-10,15-16,24-26,38H,6-8,11-14,17-18,31-33H2,1-2H3,(H,34,40)(H,35,39). The fraction of sp³-hybridized carbons (Fsp3) is 0.467. The molecule has 11 heteroatoms. The van der Waals surface area contributed by atoms with E-state index in [-0.39, 0.29) is 12.2 Å². The Bertz CT molecular complexity index is 1240. The zero-order valence-corrected chi connectivity index (χ0v) is 23.9. The molecule has 1 aromatic heterocycles. The van der Waals surface area contributed by atoms with Crippen molar-refractivity contribution in [1.82, 2.24) is 20.8 Å². The summed E-state index contributed by atoms with van der Waals surface area (Å²) in [6.07, 6.45) is 3.72. The number of aromatic hydroxyl groups is 1. The van der Waals surface area contributed by atoms with Gasteiger partial charge in [0.25, 0.3) is 0 Å². The van der Waals surface area contributed by atoms with Gasteiger partial charge >= 0.3 is 0 Å². The molecule has 2 amide bonds. The van der Waals surface area contributed by atoms with Crippen molar-refractivity contribution in [1.29, 1.82) is 0 Å². The monoisotopic (exact) mass is 565 g/mol. The van der Waals surface area contributed by atoms with Crippen molar-refractivity contribution in [3.8, 4) is 5.75 Å². The quantitative estimate of drug-likeness (QED) is 0.141.